The van der Waals surface area contributed by atoms with Crippen molar-refractivity contribution in [3.8, 4) is 17.3 Å². The summed E-state index contributed by atoms with van der Waals surface area (Å²) >= 11 is 6.40. The molecule has 0 spiro atoms. The number of piperazine rings is 1. The lowest BCUT2D eigenvalue weighted by molar-refractivity contribution is 0.379. The van der Waals surface area contributed by atoms with E-state index in [9.17, 15) is 4.39 Å². The van der Waals surface area contributed by atoms with Gasteiger partial charge in [-0.3, -0.25) is 0 Å². The van der Waals surface area contributed by atoms with Crippen LogP contribution in [0, 0.1) is 5.82 Å². The zero-order chi connectivity index (χ0) is 24.5. The van der Waals surface area contributed by atoms with Crippen LogP contribution in [0.4, 0.5) is 22.0 Å². The molecule has 2 aliphatic heterocycles. The van der Waals surface area contributed by atoms with Crippen LogP contribution in [0.15, 0.2) is 36.5 Å². The average Bonchev–Trinajstić information content (AvgIpc) is 3.30. The molecule has 184 valence electrons. The van der Waals surface area contributed by atoms with Crippen LogP contribution in [0.3, 0.4) is 0 Å². The van der Waals surface area contributed by atoms with Gasteiger partial charge in [-0.25, -0.2) is 14.4 Å². The highest BCUT2D eigenvalue weighted by atomic mass is 35.5. The Balaban J connectivity index is 1.46. The molecule has 8 nitrogen and oxygen atoms in total. The fourth-order valence-electron chi connectivity index (χ4n) is 4.85. The molecule has 0 N–H and O–H groups in total. The van der Waals surface area contributed by atoms with E-state index < -0.39 is 0 Å². The lowest BCUT2D eigenvalue weighted by atomic mass is 10.1. The molecule has 0 radical (unpaired) electrons. The third-order valence-electron chi connectivity index (χ3n) is 6.76. The Hall–Kier alpha value is -3.20. The van der Waals surface area contributed by atoms with Crippen LogP contribution in [0.1, 0.15) is 26.7 Å². The summed E-state index contributed by atoms with van der Waals surface area (Å²) in [6.07, 6.45) is 3.85. The van der Waals surface area contributed by atoms with Crippen LogP contribution in [-0.4, -0.2) is 65.3 Å². The zero-order valence-corrected chi connectivity index (χ0v) is 20.9. The van der Waals surface area contributed by atoms with E-state index in [1.807, 2.05) is 6.07 Å². The molecule has 0 unspecified atom stereocenters. The van der Waals surface area contributed by atoms with Crippen molar-refractivity contribution in [2.45, 2.75) is 38.8 Å². The monoisotopic (exact) mass is 497 g/mol. The van der Waals surface area contributed by atoms with E-state index in [1.165, 1.54) is 19.2 Å². The van der Waals surface area contributed by atoms with Crippen LogP contribution in [0.2, 0.25) is 5.02 Å². The maximum Gasteiger partial charge on any atom is 0.318 e. The van der Waals surface area contributed by atoms with E-state index in [4.69, 9.17) is 26.3 Å². The Morgan fingerprint density at radius 3 is 2.49 bits per heavy atom. The predicted octanol–water partition coefficient (Wildman–Crippen LogP) is 4.44. The number of aromatic nitrogens is 4. The minimum absolute atomic E-state index is 0.105. The van der Waals surface area contributed by atoms with Crippen LogP contribution in [0.25, 0.3) is 11.3 Å². The maximum absolute atomic E-state index is 13.6. The standard InChI is InChI=1S/C25H29ClFN7O/c1-16-5-4-10-33(16)22-13-21(18-6-8-19(27)9-7-18)29-24(30-22)34-12-11-32(15-17(34)2)23-20(26)14-28-25(31-23)35-3/h6-9,13-14,16-17H,4-5,10-12,15H2,1-3H3/t16-,17-/m1/s1. The number of halogens is 2. The van der Waals surface area contributed by atoms with Gasteiger partial charge in [0.1, 0.15) is 16.7 Å². The number of benzene rings is 1. The molecule has 35 heavy (non-hydrogen) atoms. The second kappa shape index (κ2) is 9.81. The minimum Gasteiger partial charge on any atom is -0.467 e. The Kier molecular flexibility index (Phi) is 6.60. The van der Waals surface area contributed by atoms with Crippen molar-refractivity contribution >= 4 is 29.2 Å². The van der Waals surface area contributed by atoms with Crippen molar-refractivity contribution in [1.82, 2.24) is 19.9 Å². The molecule has 0 bridgehead atoms. The molecule has 4 heterocycles. The summed E-state index contributed by atoms with van der Waals surface area (Å²) in [6, 6.07) is 9.31. The number of rotatable bonds is 5. The summed E-state index contributed by atoms with van der Waals surface area (Å²) in [5.41, 5.74) is 1.66. The molecule has 2 aromatic heterocycles. The number of ether oxygens (including phenoxy) is 1. The molecule has 3 aromatic rings. The molecule has 2 fully saturated rings. The molecule has 0 amide bonds. The second-order valence-corrected chi connectivity index (χ2v) is 9.53. The molecule has 0 saturated carbocycles. The summed E-state index contributed by atoms with van der Waals surface area (Å²) in [5.74, 6) is 2.00. The van der Waals surface area contributed by atoms with E-state index in [-0.39, 0.29) is 11.9 Å². The summed E-state index contributed by atoms with van der Waals surface area (Å²) in [6.45, 7) is 7.44. The highest BCUT2D eigenvalue weighted by Gasteiger charge is 2.30. The number of anilines is 3. The van der Waals surface area contributed by atoms with Gasteiger partial charge in [0.25, 0.3) is 0 Å². The van der Waals surface area contributed by atoms with Crippen molar-refractivity contribution in [2.75, 3.05) is 48.0 Å². The Morgan fingerprint density at radius 2 is 1.80 bits per heavy atom. The first kappa shape index (κ1) is 23.5. The summed E-state index contributed by atoms with van der Waals surface area (Å²) in [5, 5.41) is 0.492. The van der Waals surface area contributed by atoms with E-state index in [1.54, 1.807) is 18.3 Å². The second-order valence-electron chi connectivity index (χ2n) is 9.12. The van der Waals surface area contributed by atoms with Crippen molar-refractivity contribution in [3.63, 3.8) is 0 Å². The normalized spacial score (nSPS) is 20.4. The van der Waals surface area contributed by atoms with E-state index >= 15 is 0 Å². The molecule has 2 atom stereocenters. The quantitative estimate of drug-likeness (QED) is 0.512. The molecule has 1 aromatic carbocycles. The first-order valence-electron chi connectivity index (χ1n) is 11.9. The van der Waals surface area contributed by atoms with Crippen LogP contribution in [0.5, 0.6) is 6.01 Å². The summed E-state index contributed by atoms with van der Waals surface area (Å²) < 4.78 is 18.8. The summed E-state index contributed by atoms with van der Waals surface area (Å²) in [7, 11) is 1.54. The van der Waals surface area contributed by atoms with Crippen molar-refractivity contribution in [2.24, 2.45) is 0 Å². The van der Waals surface area contributed by atoms with Crippen LogP contribution < -0.4 is 19.4 Å². The van der Waals surface area contributed by atoms with Gasteiger partial charge in [0.05, 0.1) is 19.0 Å². The van der Waals surface area contributed by atoms with Crippen molar-refractivity contribution in [3.05, 3.63) is 47.4 Å². The zero-order valence-electron chi connectivity index (χ0n) is 20.2. The first-order chi connectivity index (χ1) is 16.9. The third-order valence-corrected chi connectivity index (χ3v) is 7.02. The smallest absolute Gasteiger partial charge is 0.318 e. The SMILES string of the molecule is COc1ncc(Cl)c(N2CCN(c3nc(-c4ccc(F)cc4)cc(N4CCC[C@H]4C)n3)[C@H](C)C2)n1. The highest BCUT2D eigenvalue weighted by Crippen LogP contribution is 2.32. The van der Waals surface area contributed by atoms with E-state index in [0.717, 1.165) is 36.5 Å². The van der Waals surface area contributed by atoms with Gasteiger partial charge >= 0.3 is 6.01 Å². The molecule has 2 saturated heterocycles. The van der Waals surface area contributed by atoms with Crippen LogP contribution in [-0.2, 0) is 0 Å². The van der Waals surface area contributed by atoms with Crippen LogP contribution >= 0.6 is 11.6 Å². The van der Waals surface area contributed by atoms with Gasteiger partial charge in [-0.1, -0.05) is 11.6 Å². The first-order valence-corrected chi connectivity index (χ1v) is 12.3. The third kappa shape index (κ3) is 4.82. The minimum atomic E-state index is -0.263. The largest absolute Gasteiger partial charge is 0.467 e. The van der Waals surface area contributed by atoms with Gasteiger partial charge in [-0.05, 0) is 51.0 Å². The van der Waals surface area contributed by atoms with Gasteiger partial charge in [0.15, 0.2) is 5.82 Å². The Bertz CT molecular complexity index is 1190. The van der Waals surface area contributed by atoms with Gasteiger partial charge in [0, 0.05) is 49.9 Å². The predicted molar refractivity (Wildman–Crippen MR) is 136 cm³/mol. The Labute approximate surface area is 209 Å². The summed E-state index contributed by atoms with van der Waals surface area (Å²) in [4.78, 5) is 25.2. The fraction of sp³-hybridized carbons (Fsp3) is 0.440. The number of hydrogen-bond donors (Lipinski definition) is 0. The maximum atomic E-state index is 13.6. The molecule has 2 aliphatic rings. The van der Waals surface area contributed by atoms with Gasteiger partial charge in [-0.2, -0.15) is 9.97 Å². The lowest BCUT2D eigenvalue weighted by Crippen LogP contribution is -2.53. The number of hydrogen-bond acceptors (Lipinski definition) is 8. The molecular weight excluding hydrogens is 469 g/mol. The molecule has 5 rings (SSSR count). The fourth-order valence-corrected chi connectivity index (χ4v) is 5.06. The van der Waals surface area contributed by atoms with Gasteiger partial charge < -0.3 is 19.4 Å². The number of nitrogens with zero attached hydrogens (tertiary/aromatic N) is 7. The van der Waals surface area contributed by atoms with Crippen molar-refractivity contribution < 1.29 is 9.13 Å². The van der Waals surface area contributed by atoms with Gasteiger partial charge in [0.2, 0.25) is 5.95 Å². The molecule has 10 heteroatoms. The Morgan fingerprint density at radius 1 is 1.00 bits per heavy atom. The lowest BCUT2D eigenvalue weighted by Gasteiger charge is -2.41. The van der Waals surface area contributed by atoms with Crippen molar-refractivity contribution in [1.29, 1.82) is 0 Å². The average molecular weight is 498 g/mol. The topological polar surface area (TPSA) is 70.5 Å². The van der Waals surface area contributed by atoms with E-state index in [0.29, 0.717) is 48.5 Å². The molecular formula is C25H29ClFN7O. The molecule has 0 aliphatic carbocycles. The van der Waals surface area contributed by atoms with Gasteiger partial charge in [-0.15, -0.1) is 0 Å². The van der Waals surface area contributed by atoms with E-state index in [2.05, 4.69) is 38.5 Å². The highest BCUT2D eigenvalue weighted by molar-refractivity contribution is 6.32. The number of methoxy groups -OCH3 is 1.